The molecule has 1 aromatic carbocycles. The highest BCUT2D eigenvalue weighted by atomic mass is 19.1. The Balaban J connectivity index is 1.82. The van der Waals surface area contributed by atoms with E-state index >= 15 is 0 Å². The molecule has 1 aliphatic heterocycles. The van der Waals surface area contributed by atoms with Crippen LogP contribution in [-0.4, -0.2) is 24.5 Å². The Kier molecular flexibility index (Phi) is 4.94. The van der Waals surface area contributed by atoms with Gasteiger partial charge in [-0.05, 0) is 48.7 Å². The molecule has 0 saturated carbocycles. The Labute approximate surface area is 144 Å². The van der Waals surface area contributed by atoms with Crippen LogP contribution >= 0.6 is 0 Å². The number of ether oxygens (including phenoxy) is 1. The molecule has 2 aromatic rings. The Morgan fingerprint density at radius 2 is 2.20 bits per heavy atom. The summed E-state index contributed by atoms with van der Waals surface area (Å²) < 4.78 is 32.4. The summed E-state index contributed by atoms with van der Waals surface area (Å²) in [5.41, 5.74) is 3.80. The monoisotopic (exact) mass is 347 g/mol. The minimum Gasteiger partial charge on any atom is -0.491 e. The van der Waals surface area contributed by atoms with E-state index in [0.29, 0.717) is 0 Å². The number of pyridine rings is 1. The normalized spacial score (nSPS) is 13.3. The number of amides is 1. The molecule has 5 nitrogen and oxygen atoms in total. The molecule has 0 fully saturated rings. The number of carbonyl (C=O) groups excluding carboxylic acids is 1. The molecule has 1 amide bonds. The van der Waals surface area contributed by atoms with Gasteiger partial charge in [0.2, 0.25) is 0 Å². The van der Waals surface area contributed by atoms with Gasteiger partial charge in [0.15, 0.2) is 17.4 Å². The van der Waals surface area contributed by atoms with Crippen LogP contribution in [0.1, 0.15) is 32.7 Å². The van der Waals surface area contributed by atoms with Gasteiger partial charge in [0.05, 0.1) is 12.7 Å². The Morgan fingerprint density at radius 1 is 1.40 bits per heavy atom. The summed E-state index contributed by atoms with van der Waals surface area (Å²) in [5.74, 6) is -3.04. The maximum absolute atomic E-state index is 14.2. The second-order valence-corrected chi connectivity index (χ2v) is 5.88. The van der Waals surface area contributed by atoms with Crippen molar-refractivity contribution >= 4 is 5.91 Å². The van der Waals surface area contributed by atoms with Crippen molar-refractivity contribution in [2.24, 2.45) is 0 Å². The third kappa shape index (κ3) is 3.32. The minimum absolute atomic E-state index is 0.236. The van der Waals surface area contributed by atoms with E-state index < -0.39 is 23.3 Å². The van der Waals surface area contributed by atoms with Crippen molar-refractivity contribution < 1.29 is 18.3 Å². The van der Waals surface area contributed by atoms with Crippen LogP contribution in [0, 0.1) is 18.6 Å². The van der Waals surface area contributed by atoms with Crippen molar-refractivity contribution in [1.29, 1.82) is 0 Å². The zero-order valence-electron chi connectivity index (χ0n) is 14.1. The van der Waals surface area contributed by atoms with Gasteiger partial charge >= 0.3 is 0 Å². The van der Waals surface area contributed by atoms with Gasteiger partial charge in [-0.15, -0.1) is 0 Å². The van der Waals surface area contributed by atoms with Crippen molar-refractivity contribution in [3.8, 4) is 5.75 Å². The molecule has 0 spiro atoms. The molecule has 0 atom stereocenters. The summed E-state index contributed by atoms with van der Waals surface area (Å²) in [6.07, 6.45) is 2.69. The van der Waals surface area contributed by atoms with Gasteiger partial charge < -0.3 is 15.4 Å². The smallest absolute Gasteiger partial charge is 0.254 e. The second-order valence-electron chi connectivity index (χ2n) is 5.88. The van der Waals surface area contributed by atoms with E-state index in [-0.39, 0.29) is 12.1 Å². The predicted molar refractivity (Wildman–Crippen MR) is 88.5 cm³/mol. The highest BCUT2D eigenvalue weighted by Crippen LogP contribution is 2.25. The summed E-state index contributed by atoms with van der Waals surface area (Å²) in [5, 5.41) is 5.98. The number of fused-ring (bicyclic) bond motifs is 1. The van der Waals surface area contributed by atoms with Gasteiger partial charge in [-0.1, -0.05) is 0 Å². The SMILES string of the molecule is COc1c(F)ccc(C(=O)NCc2c(C)ncc3c2CCNC3)c1F. The maximum atomic E-state index is 14.2. The summed E-state index contributed by atoms with van der Waals surface area (Å²) in [6, 6.07) is 2.12. The van der Waals surface area contributed by atoms with Gasteiger partial charge in [0.1, 0.15) is 0 Å². The number of nitrogens with one attached hydrogen (secondary N) is 2. The summed E-state index contributed by atoms with van der Waals surface area (Å²) in [4.78, 5) is 16.7. The molecular formula is C18H19F2N3O2. The van der Waals surface area contributed by atoms with Gasteiger partial charge in [0.25, 0.3) is 5.91 Å². The number of halogens is 2. The minimum atomic E-state index is -1.01. The number of benzene rings is 1. The van der Waals surface area contributed by atoms with Crippen molar-refractivity contribution in [2.75, 3.05) is 13.7 Å². The van der Waals surface area contributed by atoms with E-state index in [1.165, 1.54) is 5.56 Å². The molecule has 7 heteroatoms. The molecule has 25 heavy (non-hydrogen) atoms. The molecule has 1 aromatic heterocycles. The number of hydrogen-bond acceptors (Lipinski definition) is 4. The van der Waals surface area contributed by atoms with Crippen molar-refractivity contribution in [3.63, 3.8) is 0 Å². The van der Waals surface area contributed by atoms with Crippen LogP contribution in [0.4, 0.5) is 8.78 Å². The Morgan fingerprint density at radius 3 is 2.96 bits per heavy atom. The molecule has 3 rings (SSSR count). The lowest BCUT2D eigenvalue weighted by Gasteiger charge is -2.21. The molecule has 1 aliphatic rings. The van der Waals surface area contributed by atoms with Crippen molar-refractivity contribution in [3.05, 3.63) is 57.9 Å². The summed E-state index contributed by atoms with van der Waals surface area (Å²) in [7, 11) is 1.16. The third-order valence-electron chi connectivity index (χ3n) is 4.39. The number of rotatable bonds is 4. The van der Waals surface area contributed by atoms with Crippen LogP contribution in [-0.2, 0) is 19.5 Å². The molecule has 2 heterocycles. The fourth-order valence-electron chi connectivity index (χ4n) is 3.04. The number of carbonyl (C=O) groups is 1. The van der Waals surface area contributed by atoms with E-state index in [0.717, 1.165) is 55.6 Å². The molecule has 0 radical (unpaired) electrons. The van der Waals surface area contributed by atoms with E-state index in [1.807, 2.05) is 13.1 Å². The van der Waals surface area contributed by atoms with Gasteiger partial charge in [0, 0.05) is 25.0 Å². The quantitative estimate of drug-likeness (QED) is 0.891. The van der Waals surface area contributed by atoms with Crippen LogP contribution in [0.3, 0.4) is 0 Å². The number of hydrogen-bond donors (Lipinski definition) is 2. The van der Waals surface area contributed by atoms with Crippen LogP contribution in [0.2, 0.25) is 0 Å². The first kappa shape index (κ1) is 17.3. The molecule has 0 saturated heterocycles. The van der Waals surface area contributed by atoms with Crippen LogP contribution < -0.4 is 15.4 Å². The predicted octanol–water partition coefficient (Wildman–Crippen LogP) is 2.25. The van der Waals surface area contributed by atoms with Gasteiger partial charge in [-0.2, -0.15) is 0 Å². The highest BCUT2D eigenvalue weighted by molar-refractivity contribution is 5.94. The molecule has 0 unspecified atom stereocenters. The van der Waals surface area contributed by atoms with E-state index in [1.54, 1.807) is 0 Å². The standard InChI is InChI=1S/C18H19F2N3O2/c1-10-14(12-5-6-21-7-11(12)8-22-10)9-23-18(24)13-3-4-15(19)17(25-2)16(13)20/h3-4,8,21H,5-7,9H2,1-2H3,(H,23,24). The number of aromatic nitrogens is 1. The maximum Gasteiger partial charge on any atom is 0.254 e. The lowest BCUT2D eigenvalue weighted by atomic mass is 9.96. The fourth-order valence-corrected chi connectivity index (χ4v) is 3.04. The van der Waals surface area contributed by atoms with Gasteiger partial charge in [-0.3, -0.25) is 9.78 Å². The van der Waals surface area contributed by atoms with Crippen molar-refractivity contribution in [2.45, 2.75) is 26.4 Å². The first-order valence-corrected chi connectivity index (χ1v) is 8.00. The number of methoxy groups -OCH3 is 1. The molecule has 2 N–H and O–H groups in total. The number of aryl methyl sites for hydroxylation is 1. The molecular weight excluding hydrogens is 328 g/mol. The van der Waals surface area contributed by atoms with E-state index in [4.69, 9.17) is 0 Å². The molecule has 132 valence electrons. The first-order valence-electron chi connectivity index (χ1n) is 8.00. The first-order chi connectivity index (χ1) is 12.0. The molecule has 0 bridgehead atoms. The van der Waals surface area contributed by atoms with E-state index in [2.05, 4.69) is 20.4 Å². The molecule has 0 aliphatic carbocycles. The third-order valence-corrected chi connectivity index (χ3v) is 4.39. The average Bonchev–Trinajstić information content (AvgIpc) is 2.61. The summed E-state index contributed by atoms with van der Waals surface area (Å²) >= 11 is 0. The fraction of sp³-hybridized carbons (Fsp3) is 0.333. The number of nitrogens with zero attached hydrogens (tertiary/aromatic N) is 1. The summed E-state index contributed by atoms with van der Waals surface area (Å²) in [6.45, 7) is 3.72. The van der Waals surface area contributed by atoms with Crippen LogP contribution in [0.25, 0.3) is 0 Å². The topological polar surface area (TPSA) is 63.2 Å². The second kappa shape index (κ2) is 7.14. The van der Waals surface area contributed by atoms with Gasteiger partial charge in [-0.25, -0.2) is 8.78 Å². The van der Waals surface area contributed by atoms with Crippen LogP contribution in [0.5, 0.6) is 5.75 Å². The van der Waals surface area contributed by atoms with E-state index in [9.17, 15) is 13.6 Å². The lowest BCUT2D eigenvalue weighted by molar-refractivity contribution is 0.0945. The van der Waals surface area contributed by atoms with Crippen molar-refractivity contribution in [1.82, 2.24) is 15.6 Å². The largest absolute Gasteiger partial charge is 0.491 e. The highest BCUT2D eigenvalue weighted by Gasteiger charge is 2.21. The zero-order chi connectivity index (χ0) is 18.0. The Bertz CT molecular complexity index is 824. The Hall–Kier alpha value is -2.54. The average molecular weight is 347 g/mol. The van der Waals surface area contributed by atoms with Crippen LogP contribution in [0.15, 0.2) is 18.3 Å². The lowest BCUT2D eigenvalue weighted by Crippen LogP contribution is -2.29. The zero-order valence-corrected chi connectivity index (χ0v) is 14.1.